The van der Waals surface area contributed by atoms with E-state index in [2.05, 4.69) is 27.1 Å². The van der Waals surface area contributed by atoms with Gasteiger partial charge in [-0.05, 0) is 50.9 Å². The summed E-state index contributed by atoms with van der Waals surface area (Å²) in [4.78, 5) is 14.6. The highest BCUT2D eigenvalue weighted by Gasteiger charge is 2.27. The van der Waals surface area contributed by atoms with Gasteiger partial charge in [0.05, 0.1) is 0 Å². The number of nitrogens with one attached hydrogen (secondary N) is 1. The van der Waals surface area contributed by atoms with Crippen LogP contribution >= 0.6 is 11.8 Å². The third-order valence-corrected chi connectivity index (χ3v) is 5.63. The normalized spacial score (nSPS) is 24.3. The van der Waals surface area contributed by atoms with E-state index in [1.54, 1.807) is 13.0 Å². The van der Waals surface area contributed by atoms with E-state index in [4.69, 9.17) is 4.52 Å². The second kappa shape index (κ2) is 6.83. The van der Waals surface area contributed by atoms with Crippen molar-refractivity contribution in [3.8, 4) is 0 Å². The quantitative estimate of drug-likeness (QED) is 0.921. The van der Waals surface area contributed by atoms with Crippen molar-refractivity contribution in [2.45, 2.75) is 32.2 Å². The molecular weight excluding hydrogens is 286 g/mol. The largest absolute Gasteiger partial charge is 0.361 e. The SMILES string of the molecule is Cc1cc(C(=O)NCC2CCN([C@H]3CCSC3)CC2)no1. The summed E-state index contributed by atoms with van der Waals surface area (Å²) in [7, 11) is 0. The monoisotopic (exact) mass is 309 g/mol. The molecule has 5 nitrogen and oxygen atoms in total. The molecule has 2 aliphatic heterocycles. The molecule has 116 valence electrons. The number of hydrogen-bond donors (Lipinski definition) is 1. The van der Waals surface area contributed by atoms with Crippen molar-refractivity contribution in [2.24, 2.45) is 5.92 Å². The van der Waals surface area contributed by atoms with Crippen LogP contribution in [0.4, 0.5) is 0 Å². The summed E-state index contributed by atoms with van der Waals surface area (Å²) in [5, 5.41) is 6.73. The maximum Gasteiger partial charge on any atom is 0.273 e. The zero-order chi connectivity index (χ0) is 14.7. The Morgan fingerprint density at radius 3 is 2.90 bits per heavy atom. The van der Waals surface area contributed by atoms with Crippen molar-refractivity contribution >= 4 is 17.7 Å². The molecule has 3 rings (SSSR count). The minimum atomic E-state index is -0.124. The van der Waals surface area contributed by atoms with Gasteiger partial charge in [0.2, 0.25) is 0 Å². The Labute approximate surface area is 129 Å². The van der Waals surface area contributed by atoms with E-state index in [1.165, 1.54) is 43.9 Å². The van der Waals surface area contributed by atoms with Crippen LogP contribution in [0.25, 0.3) is 0 Å². The second-order valence-electron chi connectivity index (χ2n) is 6.03. The van der Waals surface area contributed by atoms with Crippen LogP contribution in [0.2, 0.25) is 0 Å². The Morgan fingerprint density at radius 1 is 1.48 bits per heavy atom. The molecule has 6 heteroatoms. The zero-order valence-electron chi connectivity index (χ0n) is 12.5. The molecule has 0 bridgehead atoms. The molecule has 0 aliphatic carbocycles. The minimum absolute atomic E-state index is 0.124. The molecule has 2 saturated heterocycles. The van der Waals surface area contributed by atoms with Gasteiger partial charge in [-0.15, -0.1) is 0 Å². The van der Waals surface area contributed by atoms with Crippen LogP contribution in [-0.2, 0) is 0 Å². The number of carbonyl (C=O) groups excluding carboxylic acids is 1. The van der Waals surface area contributed by atoms with Crippen LogP contribution in [-0.4, -0.2) is 53.1 Å². The van der Waals surface area contributed by atoms with Crippen molar-refractivity contribution in [3.63, 3.8) is 0 Å². The topological polar surface area (TPSA) is 58.4 Å². The standard InChI is InChI=1S/C15H23N3O2S/c1-11-8-14(17-20-11)15(19)16-9-12-2-5-18(6-3-12)13-4-7-21-10-13/h8,12-13H,2-7,9-10H2,1H3,(H,16,19)/t13-/m0/s1. The Kier molecular flexibility index (Phi) is 4.85. The van der Waals surface area contributed by atoms with Gasteiger partial charge in [-0.25, -0.2) is 0 Å². The number of hydrogen-bond acceptors (Lipinski definition) is 5. The van der Waals surface area contributed by atoms with Gasteiger partial charge in [0, 0.05) is 24.4 Å². The molecule has 1 aromatic heterocycles. The van der Waals surface area contributed by atoms with Crippen LogP contribution in [0.1, 0.15) is 35.5 Å². The van der Waals surface area contributed by atoms with Gasteiger partial charge in [-0.2, -0.15) is 11.8 Å². The molecule has 1 amide bonds. The molecule has 1 aromatic rings. The first-order valence-corrected chi connectivity index (χ1v) is 8.91. The summed E-state index contributed by atoms with van der Waals surface area (Å²) < 4.78 is 4.93. The van der Waals surface area contributed by atoms with Crippen molar-refractivity contribution < 1.29 is 9.32 Å². The molecule has 3 heterocycles. The number of rotatable bonds is 4. The van der Waals surface area contributed by atoms with E-state index < -0.39 is 0 Å². The van der Waals surface area contributed by atoms with Gasteiger partial charge >= 0.3 is 0 Å². The molecule has 1 atom stereocenters. The molecule has 0 saturated carbocycles. The third-order valence-electron chi connectivity index (χ3n) is 4.48. The van der Waals surface area contributed by atoms with Gasteiger partial charge in [0.15, 0.2) is 5.69 Å². The Hall–Kier alpha value is -1.01. The first-order chi connectivity index (χ1) is 10.2. The highest BCUT2D eigenvalue weighted by Crippen LogP contribution is 2.26. The first-order valence-electron chi connectivity index (χ1n) is 7.75. The highest BCUT2D eigenvalue weighted by molar-refractivity contribution is 7.99. The molecule has 0 unspecified atom stereocenters. The molecule has 0 spiro atoms. The molecule has 0 radical (unpaired) electrons. The Morgan fingerprint density at radius 2 is 2.29 bits per heavy atom. The summed E-state index contributed by atoms with van der Waals surface area (Å²) in [6.07, 6.45) is 3.70. The number of carbonyl (C=O) groups is 1. The van der Waals surface area contributed by atoms with E-state index >= 15 is 0 Å². The van der Waals surface area contributed by atoms with Crippen molar-refractivity contribution in [3.05, 3.63) is 17.5 Å². The van der Waals surface area contributed by atoms with E-state index in [0.29, 0.717) is 17.4 Å². The van der Waals surface area contributed by atoms with Crippen LogP contribution in [0.15, 0.2) is 10.6 Å². The van der Waals surface area contributed by atoms with Gasteiger partial charge in [-0.3, -0.25) is 9.69 Å². The second-order valence-corrected chi connectivity index (χ2v) is 7.18. The van der Waals surface area contributed by atoms with Crippen molar-refractivity contribution in [2.75, 3.05) is 31.1 Å². The van der Waals surface area contributed by atoms with E-state index in [-0.39, 0.29) is 5.91 Å². The third kappa shape index (κ3) is 3.80. The Balaban J connectivity index is 1.40. The molecule has 1 N–H and O–H groups in total. The number of thioether (sulfide) groups is 1. The lowest BCUT2D eigenvalue weighted by atomic mass is 9.95. The summed E-state index contributed by atoms with van der Waals surface area (Å²) >= 11 is 2.08. The zero-order valence-corrected chi connectivity index (χ0v) is 13.3. The van der Waals surface area contributed by atoms with Gasteiger partial charge in [-0.1, -0.05) is 5.16 Å². The lowest BCUT2D eigenvalue weighted by Crippen LogP contribution is -2.43. The van der Waals surface area contributed by atoms with Gasteiger partial charge in [0.1, 0.15) is 5.76 Å². The van der Waals surface area contributed by atoms with Crippen LogP contribution in [0.3, 0.4) is 0 Å². The van der Waals surface area contributed by atoms with Crippen LogP contribution < -0.4 is 5.32 Å². The fraction of sp³-hybridized carbons (Fsp3) is 0.733. The highest BCUT2D eigenvalue weighted by atomic mass is 32.2. The number of likely N-dealkylation sites (tertiary alicyclic amines) is 1. The summed E-state index contributed by atoms with van der Waals surface area (Å²) in [6.45, 7) is 4.89. The number of nitrogens with zero attached hydrogens (tertiary/aromatic N) is 2. The molecule has 0 aromatic carbocycles. The maximum absolute atomic E-state index is 11.9. The van der Waals surface area contributed by atoms with E-state index in [0.717, 1.165) is 12.6 Å². The molecule has 2 fully saturated rings. The van der Waals surface area contributed by atoms with E-state index in [9.17, 15) is 4.79 Å². The average molecular weight is 309 g/mol. The van der Waals surface area contributed by atoms with Gasteiger partial charge < -0.3 is 9.84 Å². The van der Waals surface area contributed by atoms with Crippen LogP contribution in [0, 0.1) is 12.8 Å². The number of aryl methyl sites for hydroxylation is 1. The lowest BCUT2D eigenvalue weighted by Gasteiger charge is -2.35. The lowest BCUT2D eigenvalue weighted by molar-refractivity contribution is 0.0919. The summed E-state index contributed by atoms with van der Waals surface area (Å²) in [5.74, 6) is 3.75. The average Bonchev–Trinajstić information content (AvgIpc) is 3.16. The van der Waals surface area contributed by atoms with Crippen LogP contribution in [0.5, 0.6) is 0 Å². The molecule has 21 heavy (non-hydrogen) atoms. The fourth-order valence-electron chi connectivity index (χ4n) is 3.13. The predicted molar refractivity (Wildman–Crippen MR) is 83.6 cm³/mol. The molecule has 2 aliphatic rings. The Bertz CT molecular complexity index is 477. The number of piperidine rings is 1. The number of amides is 1. The van der Waals surface area contributed by atoms with E-state index in [1.807, 2.05) is 0 Å². The van der Waals surface area contributed by atoms with Gasteiger partial charge in [0.25, 0.3) is 5.91 Å². The predicted octanol–water partition coefficient (Wildman–Crippen LogP) is 1.93. The van der Waals surface area contributed by atoms with Crippen molar-refractivity contribution in [1.82, 2.24) is 15.4 Å². The fourth-order valence-corrected chi connectivity index (χ4v) is 4.39. The summed E-state index contributed by atoms with van der Waals surface area (Å²) in [5.41, 5.74) is 0.382. The first kappa shape index (κ1) is 14.9. The summed E-state index contributed by atoms with van der Waals surface area (Å²) in [6, 6.07) is 2.47. The smallest absolute Gasteiger partial charge is 0.273 e. The molecular formula is C15H23N3O2S. The van der Waals surface area contributed by atoms with Crippen molar-refractivity contribution in [1.29, 1.82) is 0 Å². The maximum atomic E-state index is 11.9. The number of aromatic nitrogens is 1. The minimum Gasteiger partial charge on any atom is -0.361 e.